The van der Waals surface area contributed by atoms with Gasteiger partial charge in [-0.25, -0.2) is 0 Å². The highest BCUT2D eigenvalue weighted by Crippen LogP contribution is 2.05. The minimum atomic E-state index is 1.16. The highest BCUT2D eigenvalue weighted by atomic mass is 16.6. The average molecular weight is 152 g/mol. The fraction of sp³-hybridized carbons (Fsp3) is 0.444. The van der Waals surface area contributed by atoms with E-state index in [2.05, 4.69) is 13.8 Å². The summed E-state index contributed by atoms with van der Waals surface area (Å²) >= 11 is 0. The fourth-order valence-corrected chi connectivity index (χ4v) is 1.06. The molecule has 2 nitrogen and oxygen atoms in total. The Bertz CT molecular complexity index is 269. The van der Waals surface area contributed by atoms with E-state index in [1.165, 1.54) is 11.1 Å². The maximum atomic E-state index is 5.10. The number of hydrogen-bond acceptors (Lipinski definition) is 1. The van der Waals surface area contributed by atoms with E-state index in [9.17, 15) is 0 Å². The summed E-state index contributed by atoms with van der Waals surface area (Å²) in [4.78, 5) is 5.10. The largest absolute Gasteiger partial charge is 0.274 e. The standard InChI is InChI=1S/C9H14NO/c1-7-5-6-10(11-4)9(3)8(7)2/h5-6H,1-4H3/q+1. The molecule has 2 heteroatoms. The van der Waals surface area contributed by atoms with E-state index < -0.39 is 0 Å². The van der Waals surface area contributed by atoms with Crippen LogP contribution in [0.2, 0.25) is 0 Å². The van der Waals surface area contributed by atoms with E-state index in [4.69, 9.17) is 4.84 Å². The minimum absolute atomic E-state index is 1.16. The van der Waals surface area contributed by atoms with Gasteiger partial charge in [0, 0.05) is 23.3 Å². The SMILES string of the molecule is CO[n+]1ccc(C)c(C)c1C. The Morgan fingerprint density at radius 2 is 1.91 bits per heavy atom. The first-order valence-corrected chi connectivity index (χ1v) is 3.69. The monoisotopic (exact) mass is 152 g/mol. The average Bonchev–Trinajstić information content (AvgIpc) is 2.01. The first-order chi connectivity index (χ1) is 5.16. The minimum Gasteiger partial charge on any atom is -0.274 e. The van der Waals surface area contributed by atoms with Gasteiger partial charge in [0.05, 0.1) is 0 Å². The molecule has 0 fully saturated rings. The molecule has 0 aliphatic carbocycles. The Labute approximate surface area is 67.4 Å². The normalized spacial score (nSPS) is 9.82. The third-order valence-corrected chi connectivity index (χ3v) is 2.12. The van der Waals surface area contributed by atoms with Crippen molar-refractivity contribution in [2.24, 2.45) is 0 Å². The number of aromatic nitrogens is 1. The van der Waals surface area contributed by atoms with Gasteiger partial charge in [-0.05, 0) is 19.4 Å². The van der Waals surface area contributed by atoms with Crippen LogP contribution in [-0.4, -0.2) is 7.11 Å². The molecule has 1 aromatic rings. The van der Waals surface area contributed by atoms with Crippen molar-refractivity contribution in [3.63, 3.8) is 0 Å². The Morgan fingerprint density at radius 1 is 1.27 bits per heavy atom. The van der Waals surface area contributed by atoms with Crippen LogP contribution in [0.3, 0.4) is 0 Å². The Kier molecular flexibility index (Phi) is 2.13. The summed E-state index contributed by atoms with van der Waals surface area (Å²) in [6.07, 6.45) is 1.93. The van der Waals surface area contributed by atoms with Crippen molar-refractivity contribution in [3.8, 4) is 0 Å². The predicted molar refractivity (Wildman–Crippen MR) is 43.4 cm³/mol. The quantitative estimate of drug-likeness (QED) is 0.546. The van der Waals surface area contributed by atoms with E-state index in [1.807, 2.05) is 19.2 Å². The molecule has 0 bridgehead atoms. The third kappa shape index (κ3) is 1.34. The Hall–Kier alpha value is -1.05. The van der Waals surface area contributed by atoms with Crippen molar-refractivity contribution in [2.75, 3.05) is 7.11 Å². The second-order valence-electron chi connectivity index (χ2n) is 2.72. The second-order valence-corrected chi connectivity index (χ2v) is 2.72. The van der Waals surface area contributed by atoms with Crippen molar-refractivity contribution in [1.29, 1.82) is 0 Å². The van der Waals surface area contributed by atoms with Crippen molar-refractivity contribution >= 4 is 0 Å². The molecule has 1 rings (SSSR count). The summed E-state index contributed by atoms with van der Waals surface area (Å²) in [6, 6.07) is 2.05. The van der Waals surface area contributed by atoms with Crippen LogP contribution in [0, 0.1) is 20.8 Å². The molecule has 1 heterocycles. The molecule has 0 amide bonds. The van der Waals surface area contributed by atoms with Crippen LogP contribution in [0.5, 0.6) is 0 Å². The summed E-state index contributed by atoms with van der Waals surface area (Å²) in [5.41, 5.74) is 3.75. The van der Waals surface area contributed by atoms with Crippen LogP contribution in [-0.2, 0) is 0 Å². The second kappa shape index (κ2) is 2.91. The van der Waals surface area contributed by atoms with Crippen molar-refractivity contribution in [3.05, 3.63) is 29.1 Å². The number of aryl methyl sites for hydroxylation is 1. The molecule has 0 saturated heterocycles. The molecule has 0 saturated carbocycles. The molecular formula is C9H14NO+. The smallest absolute Gasteiger partial charge is 0.234 e. The van der Waals surface area contributed by atoms with E-state index in [0.29, 0.717) is 0 Å². The Balaban J connectivity index is 3.25. The molecular weight excluding hydrogens is 138 g/mol. The summed E-state index contributed by atoms with van der Waals surface area (Å²) in [5.74, 6) is 0. The lowest BCUT2D eigenvalue weighted by Gasteiger charge is -2.00. The lowest BCUT2D eigenvalue weighted by molar-refractivity contribution is -0.889. The van der Waals surface area contributed by atoms with Gasteiger partial charge in [0.25, 0.3) is 0 Å². The van der Waals surface area contributed by atoms with Crippen LogP contribution >= 0.6 is 0 Å². The third-order valence-electron chi connectivity index (χ3n) is 2.12. The molecule has 0 unspecified atom stereocenters. The Morgan fingerprint density at radius 3 is 2.45 bits per heavy atom. The topological polar surface area (TPSA) is 13.1 Å². The van der Waals surface area contributed by atoms with Gasteiger partial charge in [0.1, 0.15) is 7.11 Å². The maximum absolute atomic E-state index is 5.10. The van der Waals surface area contributed by atoms with E-state index >= 15 is 0 Å². The molecule has 0 atom stereocenters. The lowest BCUT2D eigenvalue weighted by Crippen LogP contribution is -2.43. The van der Waals surface area contributed by atoms with E-state index in [1.54, 1.807) is 11.8 Å². The molecule has 0 N–H and O–H groups in total. The zero-order chi connectivity index (χ0) is 8.43. The van der Waals surface area contributed by atoms with Crippen LogP contribution in [0.4, 0.5) is 0 Å². The van der Waals surface area contributed by atoms with Crippen molar-refractivity contribution in [1.82, 2.24) is 0 Å². The van der Waals surface area contributed by atoms with Crippen LogP contribution in [0.15, 0.2) is 12.3 Å². The van der Waals surface area contributed by atoms with Crippen LogP contribution < -0.4 is 9.57 Å². The van der Waals surface area contributed by atoms with Gasteiger partial charge in [-0.15, -0.1) is 0 Å². The number of pyridine rings is 1. The number of rotatable bonds is 1. The lowest BCUT2D eigenvalue weighted by atomic mass is 10.1. The fourth-order valence-electron chi connectivity index (χ4n) is 1.06. The van der Waals surface area contributed by atoms with Gasteiger partial charge in [0.2, 0.25) is 11.9 Å². The molecule has 0 spiro atoms. The zero-order valence-electron chi connectivity index (χ0n) is 7.51. The summed E-state index contributed by atoms with van der Waals surface area (Å²) < 4.78 is 1.77. The van der Waals surface area contributed by atoms with Gasteiger partial charge in [-0.1, -0.05) is 0 Å². The molecule has 0 radical (unpaired) electrons. The van der Waals surface area contributed by atoms with Gasteiger partial charge in [-0.2, -0.15) is 0 Å². The molecule has 0 aromatic carbocycles. The predicted octanol–water partition coefficient (Wildman–Crippen LogP) is 0.958. The first-order valence-electron chi connectivity index (χ1n) is 3.69. The zero-order valence-corrected chi connectivity index (χ0v) is 7.51. The van der Waals surface area contributed by atoms with Crippen molar-refractivity contribution < 1.29 is 9.57 Å². The highest BCUT2D eigenvalue weighted by molar-refractivity contribution is 5.22. The number of hydrogen-bond donors (Lipinski definition) is 0. The van der Waals surface area contributed by atoms with E-state index in [0.717, 1.165) is 5.69 Å². The molecule has 11 heavy (non-hydrogen) atoms. The molecule has 60 valence electrons. The first kappa shape index (κ1) is 8.05. The van der Waals surface area contributed by atoms with E-state index in [-0.39, 0.29) is 0 Å². The van der Waals surface area contributed by atoms with Gasteiger partial charge in [0.15, 0.2) is 0 Å². The summed E-state index contributed by atoms with van der Waals surface area (Å²) in [6.45, 7) is 6.24. The van der Waals surface area contributed by atoms with Gasteiger partial charge < -0.3 is 0 Å². The summed E-state index contributed by atoms with van der Waals surface area (Å²) in [5, 5.41) is 0. The molecule has 1 aromatic heterocycles. The molecule has 0 aliphatic heterocycles. The van der Waals surface area contributed by atoms with Crippen molar-refractivity contribution in [2.45, 2.75) is 20.8 Å². The van der Waals surface area contributed by atoms with Gasteiger partial charge in [-0.3, -0.25) is 4.84 Å². The van der Waals surface area contributed by atoms with Crippen LogP contribution in [0.25, 0.3) is 0 Å². The highest BCUT2D eigenvalue weighted by Gasteiger charge is 2.10. The van der Waals surface area contributed by atoms with Crippen LogP contribution in [0.1, 0.15) is 16.8 Å². The number of nitrogens with zero attached hydrogens (tertiary/aromatic N) is 1. The molecule has 0 aliphatic rings. The summed E-state index contributed by atoms with van der Waals surface area (Å²) in [7, 11) is 1.67. The van der Waals surface area contributed by atoms with Gasteiger partial charge >= 0.3 is 0 Å². The maximum Gasteiger partial charge on any atom is 0.234 e.